The van der Waals surface area contributed by atoms with Crippen LogP contribution in [0.2, 0.25) is 0 Å². The van der Waals surface area contributed by atoms with Crippen molar-refractivity contribution in [2.24, 2.45) is 0 Å². The van der Waals surface area contributed by atoms with Gasteiger partial charge in [0.15, 0.2) is 11.5 Å². The predicted molar refractivity (Wildman–Crippen MR) is 127 cm³/mol. The fourth-order valence-electron chi connectivity index (χ4n) is 3.62. The van der Waals surface area contributed by atoms with Gasteiger partial charge in [-0.1, -0.05) is 12.1 Å². The van der Waals surface area contributed by atoms with E-state index in [1.807, 2.05) is 59.2 Å². The van der Waals surface area contributed by atoms with Crippen molar-refractivity contribution in [2.75, 3.05) is 5.73 Å². The molecule has 0 spiro atoms. The average Bonchev–Trinajstić information content (AvgIpc) is 3.27. The van der Waals surface area contributed by atoms with Gasteiger partial charge in [0, 0.05) is 37.0 Å². The molecule has 164 valence electrons. The van der Waals surface area contributed by atoms with Gasteiger partial charge in [0.2, 0.25) is 0 Å². The third-order valence-electron chi connectivity index (χ3n) is 5.27. The summed E-state index contributed by atoms with van der Waals surface area (Å²) < 4.78 is 1.93. The monoisotopic (exact) mass is 446 g/mol. The number of nitrogens with two attached hydrogens (primary N) is 1. The standard InChI is InChI=1S/C25H18N8O/c26-12-17-11-18(15-28-13-17)25(34)31-14-16-5-7-19(8-6-16)33-23(20-3-1-9-29-22(20)27)32-21-4-2-10-30-24(21)33/h1-11,13,15H,14H2,(H2,27,29)(H,31,34). The van der Waals surface area contributed by atoms with Crippen LogP contribution in [0.1, 0.15) is 21.5 Å². The van der Waals surface area contributed by atoms with Crippen molar-refractivity contribution in [2.45, 2.75) is 6.54 Å². The average molecular weight is 446 g/mol. The number of rotatable bonds is 5. The molecule has 9 heteroatoms. The first-order valence-electron chi connectivity index (χ1n) is 10.4. The molecule has 34 heavy (non-hydrogen) atoms. The second-order valence-electron chi connectivity index (χ2n) is 7.48. The predicted octanol–water partition coefficient (Wildman–Crippen LogP) is 3.26. The van der Waals surface area contributed by atoms with Crippen LogP contribution < -0.4 is 11.1 Å². The number of amides is 1. The van der Waals surface area contributed by atoms with E-state index >= 15 is 0 Å². The van der Waals surface area contributed by atoms with Gasteiger partial charge in [0.1, 0.15) is 17.4 Å². The Morgan fingerprint density at radius 1 is 1.06 bits per heavy atom. The summed E-state index contributed by atoms with van der Waals surface area (Å²) in [5, 5.41) is 11.8. The molecule has 3 N–H and O–H groups in total. The number of fused-ring (bicyclic) bond motifs is 1. The Hall–Kier alpha value is -5.10. The molecule has 0 bridgehead atoms. The van der Waals surface area contributed by atoms with Gasteiger partial charge in [-0.15, -0.1) is 0 Å². The molecule has 4 aromatic heterocycles. The maximum absolute atomic E-state index is 12.4. The summed E-state index contributed by atoms with van der Waals surface area (Å²) in [4.78, 5) is 29.8. The Balaban J connectivity index is 1.43. The number of carbonyl (C=O) groups excluding carboxylic acids is 1. The summed E-state index contributed by atoms with van der Waals surface area (Å²) in [5.41, 5.74) is 10.7. The second kappa shape index (κ2) is 8.80. The molecular weight excluding hydrogens is 428 g/mol. The van der Waals surface area contributed by atoms with Gasteiger partial charge in [0.25, 0.3) is 5.91 Å². The van der Waals surface area contributed by atoms with Crippen molar-refractivity contribution in [3.05, 3.63) is 96.1 Å². The van der Waals surface area contributed by atoms with E-state index in [0.717, 1.165) is 16.8 Å². The largest absolute Gasteiger partial charge is 0.383 e. The Morgan fingerprint density at radius 2 is 1.85 bits per heavy atom. The fourth-order valence-corrected chi connectivity index (χ4v) is 3.62. The number of aromatic nitrogens is 5. The molecule has 0 saturated heterocycles. The maximum Gasteiger partial charge on any atom is 0.253 e. The number of anilines is 1. The van der Waals surface area contributed by atoms with Crippen LogP contribution in [0.5, 0.6) is 0 Å². The lowest BCUT2D eigenvalue weighted by Crippen LogP contribution is -2.23. The van der Waals surface area contributed by atoms with E-state index in [9.17, 15) is 4.79 Å². The molecule has 5 rings (SSSR count). The molecule has 0 radical (unpaired) electrons. The zero-order valence-corrected chi connectivity index (χ0v) is 17.9. The number of benzene rings is 1. The number of nitrogens with zero attached hydrogens (tertiary/aromatic N) is 6. The molecule has 0 unspecified atom stereocenters. The summed E-state index contributed by atoms with van der Waals surface area (Å²) >= 11 is 0. The number of hydrogen-bond donors (Lipinski definition) is 2. The number of nitriles is 1. The molecule has 9 nitrogen and oxygen atoms in total. The zero-order chi connectivity index (χ0) is 23.5. The van der Waals surface area contributed by atoms with E-state index in [0.29, 0.717) is 40.5 Å². The van der Waals surface area contributed by atoms with Crippen LogP contribution in [0.4, 0.5) is 5.82 Å². The minimum Gasteiger partial charge on any atom is -0.383 e. The molecule has 0 saturated carbocycles. The van der Waals surface area contributed by atoms with Crippen molar-refractivity contribution in [3.63, 3.8) is 0 Å². The minimum atomic E-state index is -0.298. The van der Waals surface area contributed by atoms with Crippen LogP contribution in [-0.2, 0) is 6.54 Å². The lowest BCUT2D eigenvalue weighted by molar-refractivity contribution is 0.0950. The number of hydrogen-bond acceptors (Lipinski definition) is 7. The van der Waals surface area contributed by atoms with Crippen molar-refractivity contribution in [1.82, 2.24) is 29.8 Å². The van der Waals surface area contributed by atoms with Gasteiger partial charge in [-0.25, -0.2) is 15.0 Å². The SMILES string of the molecule is N#Cc1cncc(C(=O)NCc2ccc(-n3c(-c4cccnc4N)nc4cccnc43)cc2)c1. The van der Waals surface area contributed by atoms with E-state index < -0.39 is 0 Å². The maximum atomic E-state index is 12.4. The van der Waals surface area contributed by atoms with Gasteiger partial charge >= 0.3 is 0 Å². The molecular formula is C25H18N8O. The van der Waals surface area contributed by atoms with Crippen LogP contribution in [0.15, 0.2) is 79.4 Å². The number of nitrogen functional groups attached to an aromatic ring is 1. The highest BCUT2D eigenvalue weighted by Crippen LogP contribution is 2.30. The highest BCUT2D eigenvalue weighted by molar-refractivity contribution is 5.94. The summed E-state index contributed by atoms with van der Waals surface area (Å²) in [6, 6.07) is 18.6. The van der Waals surface area contributed by atoms with Crippen LogP contribution in [0, 0.1) is 11.3 Å². The molecule has 0 aliphatic carbocycles. The molecule has 0 fully saturated rings. The van der Waals surface area contributed by atoms with Crippen molar-refractivity contribution in [3.8, 4) is 23.1 Å². The van der Waals surface area contributed by atoms with Gasteiger partial charge in [-0.2, -0.15) is 5.26 Å². The minimum absolute atomic E-state index is 0.298. The van der Waals surface area contributed by atoms with E-state index in [4.69, 9.17) is 16.0 Å². The zero-order valence-electron chi connectivity index (χ0n) is 17.9. The number of nitrogens with one attached hydrogen (secondary N) is 1. The molecule has 4 heterocycles. The fraction of sp³-hybridized carbons (Fsp3) is 0.0400. The topological polar surface area (TPSA) is 135 Å². The van der Waals surface area contributed by atoms with Crippen LogP contribution in [0.3, 0.4) is 0 Å². The molecule has 5 aromatic rings. The summed E-state index contributed by atoms with van der Waals surface area (Å²) in [7, 11) is 0. The van der Waals surface area contributed by atoms with E-state index in [1.165, 1.54) is 18.5 Å². The lowest BCUT2D eigenvalue weighted by Gasteiger charge is -2.11. The highest BCUT2D eigenvalue weighted by atomic mass is 16.1. The summed E-state index contributed by atoms with van der Waals surface area (Å²) in [5.74, 6) is 0.728. The second-order valence-corrected chi connectivity index (χ2v) is 7.48. The first-order chi connectivity index (χ1) is 16.6. The van der Waals surface area contributed by atoms with Crippen LogP contribution in [-0.4, -0.2) is 30.4 Å². The Bertz CT molecular complexity index is 1550. The molecule has 0 atom stereocenters. The molecule has 0 aliphatic heterocycles. The first-order valence-corrected chi connectivity index (χ1v) is 10.4. The Kier molecular flexibility index (Phi) is 5.38. The van der Waals surface area contributed by atoms with Crippen molar-refractivity contribution >= 4 is 22.9 Å². The van der Waals surface area contributed by atoms with E-state index in [2.05, 4.69) is 20.3 Å². The van der Waals surface area contributed by atoms with Gasteiger partial charge in [-0.05, 0) is 48.0 Å². The number of imidazole rings is 1. The summed E-state index contributed by atoms with van der Waals surface area (Å²) in [6.45, 7) is 0.321. The van der Waals surface area contributed by atoms with Crippen molar-refractivity contribution < 1.29 is 4.79 Å². The molecule has 1 amide bonds. The Labute approximate surface area is 194 Å². The third kappa shape index (κ3) is 3.91. The highest BCUT2D eigenvalue weighted by Gasteiger charge is 2.17. The Morgan fingerprint density at radius 3 is 2.65 bits per heavy atom. The third-order valence-corrected chi connectivity index (χ3v) is 5.27. The number of pyridine rings is 3. The smallest absolute Gasteiger partial charge is 0.253 e. The normalized spacial score (nSPS) is 10.7. The quantitative estimate of drug-likeness (QED) is 0.423. The molecule has 1 aromatic carbocycles. The van der Waals surface area contributed by atoms with Gasteiger partial charge < -0.3 is 11.1 Å². The van der Waals surface area contributed by atoms with E-state index in [-0.39, 0.29) is 5.91 Å². The van der Waals surface area contributed by atoms with Crippen LogP contribution >= 0.6 is 0 Å². The summed E-state index contributed by atoms with van der Waals surface area (Å²) in [6.07, 6.45) is 6.20. The van der Waals surface area contributed by atoms with Crippen molar-refractivity contribution in [1.29, 1.82) is 5.26 Å². The van der Waals surface area contributed by atoms with E-state index in [1.54, 1.807) is 12.4 Å². The molecule has 0 aliphatic rings. The van der Waals surface area contributed by atoms with Crippen LogP contribution in [0.25, 0.3) is 28.2 Å². The lowest BCUT2D eigenvalue weighted by atomic mass is 10.1. The van der Waals surface area contributed by atoms with Gasteiger partial charge in [0.05, 0.1) is 16.7 Å². The van der Waals surface area contributed by atoms with Gasteiger partial charge in [-0.3, -0.25) is 14.3 Å². The first kappa shape index (κ1) is 20.8. The number of carbonyl (C=O) groups is 1.